The number of halogens is 2. The van der Waals surface area contributed by atoms with Gasteiger partial charge in [0.25, 0.3) is 6.43 Å². The van der Waals surface area contributed by atoms with Crippen LogP contribution in [0.3, 0.4) is 0 Å². The Bertz CT molecular complexity index is 402. The summed E-state index contributed by atoms with van der Waals surface area (Å²) in [5, 5.41) is 12.0. The molecule has 0 radical (unpaired) electrons. The Kier molecular flexibility index (Phi) is 5.53. The van der Waals surface area contributed by atoms with Crippen LogP contribution in [0.2, 0.25) is 0 Å². The highest BCUT2D eigenvalue weighted by molar-refractivity contribution is 5.74. The highest BCUT2D eigenvalue weighted by Crippen LogP contribution is 2.45. The number of nitrogens with one attached hydrogen (secondary N) is 1. The van der Waals surface area contributed by atoms with Gasteiger partial charge in [0.15, 0.2) is 0 Å². The first-order valence-corrected chi connectivity index (χ1v) is 7.10. The zero-order chi connectivity index (χ0) is 16.4. The molecular formula is C14H24F2N2O3. The van der Waals surface area contributed by atoms with Gasteiger partial charge in [0.05, 0.1) is 12.5 Å². The molecule has 3 unspecified atom stereocenters. The van der Waals surface area contributed by atoms with Crippen molar-refractivity contribution in [3.05, 3.63) is 0 Å². The Balaban J connectivity index is 2.70. The summed E-state index contributed by atoms with van der Waals surface area (Å²) in [4.78, 5) is 24.1. The van der Waals surface area contributed by atoms with E-state index in [1.807, 2.05) is 20.8 Å². The number of hydrogen-bond donors (Lipinski definition) is 2. The van der Waals surface area contributed by atoms with Crippen LogP contribution >= 0.6 is 0 Å². The quantitative estimate of drug-likeness (QED) is 0.838. The van der Waals surface area contributed by atoms with Crippen molar-refractivity contribution in [3.8, 4) is 0 Å². The van der Waals surface area contributed by atoms with Gasteiger partial charge in [0, 0.05) is 13.1 Å². The van der Waals surface area contributed by atoms with Crippen LogP contribution in [0.15, 0.2) is 0 Å². The zero-order valence-electron chi connectivity index (χ0n) is 12.9. The second-order valence-electron chi connectivity index (χ2n) is 6.41. The summed E-state index contributed by atoms with van der Waals surface area (Å²) < 4.78 is 24.6. The summed E-state index contributed by atoms with van der Waals surface area (Å²) in [6.45, 7) is 5.02. The molecule has 21 heavy (non-hydrogen) atoms. The van der Waals surface area contributed by atoms with Gasteiger partial charge in [-0.15, -0.1) is 0 Å². The van der Waals surface area contributed by atoms with Crippen molar-refractivity contribution in [2.75, 3.05) is 13.6 Å². The number of carbonyl (C=O) groups is 2. The summed E-state index contributed by atoms with van der Waals surface area (Å²) in [5.74, 6) is -1.35. The van der Waals surface area contributed by atoms with E-state index in [0.717, 1.165) is 4.90 Å². The van der Waals surface area contributed by atoms with Crippen LogP contribution in [0.25, 0.3) is 0 Å². The fraction of sp³-hybridized carbons (Fsp3) is 0.857. The molecule has 7 heteroatoms. The van der Waals surface area contributed by atoms with Gasteiger partial charge in [0.1, 0.15) is 0 Å². The largest absolute Gasteiger partial charge is 0.481 e. The van der Waals surface area contributed by atoms with Crippen molar-refractivity contribution in [2.24, 2.45) is 17.3 Å². The fourth-order valence-electron chi connectivity index (χ4n) is 3.00. The predicted octanol–water partition coefficient (Wildman–Crippen LogP) is 2.42. The third kappa shape index (κ3) is 4.04. The number of aliphatic carboxylic acids is 1. The number of urea groups is 1. The second kappa shape index (κ2) is 6.58. The zero-order valence-corrected chi connectivity index (χ0v) is 12.9. The van der Waals surface area contributed by atoms with Crippen molar-refractivity contribution in [1.29, 1.82) is 0 Å². The topological polar surface area (TPSA) is 69.6 Å². The van der Waals surface area contributed by atoms with E-state index in [2.05, 4.69) is 5.32 Å². The molecule has 0 aromatic rings. The molecule has 1 saturated carbocycles. The van der Waals surface area contributed by atoms with Gasteiger partial charge in [-0.05, 0) is 24.2 Å². The van der Waals surface area contributed by atoms with Gasteiger partial charge in [-0.1, -0.05) is 20.8 Å². The van der Waals surface area contributed by atoms with Crippen molar-refractivity contribution in [3.63, 3.8) is 0 Å². The smallest absolute Gasteiger partial charge is 0.317 e. The molecule has 3 atom stereocenters. The van der Waals surface area contributed by atoms with E-state index in [-0.39, 0.29) is 12.0 Å². The minimum absolute atomic E-state index is 0.0590. The molecule has 122 valence electrons. The number of alkyl halides is 2. The van der Waals surface area contributed by atoms with E-state index in [9.17, 15) is 23.5 Å². The van der Waals surface area contributed by atoms with Crippen LogP contribution in [-0.2, 0) is 4.79 Å². The molecule has 0 saturated heterocycles. The summed E-state index contributed by atoms with van der Waals surface area (Å²) >= 11 is 0. The highest BCUT2D eigenvalue weighted by Gasteiger charge is 2.46. The number of carbonyl (C=O) groups excluding carboxylic acids is 1. The molecule has 1 aliphatic carbocycles. The number of nitrogens with zero attached hydrogens (tertiary/aromatic N) is 1. The molecular weight excluding hydrogens is 282 g/mol. The molecule has 0 bridgehead atoms. The maximum Gasteiger partial charge on any atom is 0.317 e. The average Bonchev–Trinajstić information content (AvgIpc) is 2.33. The molecule has 1 aliphatic rings. The third-order valence-electron chi connectivity index (χ3n) is 4.81. The number of carboxylic acids is 1. The normalized spacial score (nSPS) is 28.2. The Morgan fingerprint density at radius 3 is 2.43 bits per heavy atom. The molecule has 0 aliphatic heterocycles. The van der Waals surface area contributed by atoms with Crippen LogP contribution in [0.5, 0.6) is 0 Å². The Morgan fingerprint density at radius 2 is 1.95 bits per heavy atom. The summed E-state index contributed by atoms with van der Waals surface area (Å²) in [6, 6.07) is -0.750. The number of amides is 2. The molecule has 0 heterocycles. The fourth-order valence-corrected chi connectivity index (χ4v) is 3.00. The van der Waals surface area contributed by atoms with E-state index in [1.54, 1.807) is 0 Å². The van der Waals surface area contributed by atoms with Gasteiger partial charge in [0.2, 0.25) is 0 Å². The van der Waals surface area contributed by atoms with Crippen molar-refractivity contribution in [1.82, 2.24) is 10.2 Å². The monoisotopic (exact) mass is 306 g/mol. The molecule has 2 N–H and O–H groups in total. The number of carboxylic acid groups (broad SMARTS) is 1. The molecule has 1 fully saturated rings. The first-order chi connectivity index (χ1) is 9.57. The van der Waals surface area contributed by atoms with Crippen molar-refractivity contribution >= 4 is 12.0 Å². The van der Waals surface area contributed by atoms with Gasteiger partial charge in [-0.25, -0.2) is 13.6 Å². The van der Waals surface area contributed by atoms with Gasteiger partial charge in [-0.2, -0.15) is 0 Å². The lowest BCUT2D eigenvalue weighted by Crippen LogP contribution is -2.54. The second-order valence-corrected chi connectivity index (χ2v) is 6.41. The SMILES string of the molecule is CC1C(NC(=O)N(C)CC(F)F)CCC(C(=O)O)C1(C)C. The van der Waals surface area contributed by atoms with E-state index in [1.165, 1.54) is 7.05 Å². The Morgan fingerprint density at radius 1 is 1.38 bits per heavy atom. The van der Waals surface area contributed by atoms with E-state index in [4.69, 9.17) is 0 Å². The van der Waals surface area contributed by atoms with E-state index < -0.39 is 36.3 Å². The lowest BCUT2D eigenvalue weighted by molar-refractivity contribution is -0.150. The van der Waals surface area contributed by atoms with Crippen LogP contribution in [0.1, 0.15) is 33.6 Å². The molecule has 2 amide bonds. The van der Waals surface area contributed by atoms with E-state index >= 15 is 0 Å². The number of hydrogen-bond acceptors (Lipinski definition) is 2. The summed E-state index contributed by atoms with van der Waals surface area (Å²) in [5.41, 5.74) is -0.469. The first kappa shape index (κ1) is 17.7. The molecule has 5 nitrogen and oxygen atoms in total. The van der Waals surface area contributed by atoms with Gasteiger partial charge < -0.3 is 15.3 Å². The lowest BCUT2D eigenvalue weighted by atomic mass is 9.61. The molecule has 1 rings (SSSR count). The first-order valence-electron chi connectivity index (χ1n) is 7.10. The Labute approximate surface area is 123 Å². The van der Waals surface area contributed by atoms with Gasteiger partial charge >= 0.3 is 12.0 Å². The maximum atomic E-state index is 12.3. The third-order valence-corrected chi connectivity index (χ3v) is 4.81. The molecule has 0 aromatic carbocycles. The minimum atomic E-state index is -2.57. The van der Waals surface area contributed by atoms with Crippen LogP contribution in [-0.4, -0.2) is 48.1 Å². The maximum absolute atomic E-state index is 12.3. The highest BCUT2D eigenvalue weighted by atomic mass is 19.3. The minimum Gasteiger partial charge on any atom is -0.481 e. The average molecular weight is 306 g/mol. The molecule has 0 aromatic heterocycles. The van der Waals surface area contributed by atoms with Crippen LogP contribution < -0.4 is 5.32 Å². The van der Waals surface area contributed by atoms with Gasteiger partial charge in [-0.3, -0.25) is 4.79 Å². The summed E-state index contributed by atoms with van der Waals surface area (Å²) in [7, 11) is 1.32. The number of rotatable bonds is 4. The summed E-state index contributed by atoms with van der Waals surface area (Å²) in [6.07, 6.45) is -1.57. The standard InChI is InChI=1S/C14H24F2N2O3/c1-8-10(17-13(21)18(4)7-11(15)16)6-5-9(12(19)20)14(8,2)3/h8-11H,5-7H2,1-4H3,(H,17,21)(H,19,20). The van der Waals surface area contributed by atoms with Crippen LogP contribution in [0, 0.1) is 17.3 Å². The Hall–Kier alpha value is -1.40. The van der Waals surface area contributed by atoms with E-state index in [0.29, 0.717) is 12.8 Å². The van der Waals surface area contributed by atoms with Crippen molar-refractivity contribution in [2.45, 2.75) is 46.1 Å². The van der Waals surface area contributed by atoms with Crippen molar-refractivity contribution < 1.29 is 23.5 Å². The predicted molar refractivity (Wildman–Crippen MR) is 74.3 cm³/mol. The van der Waals surface area contributed by atoms with Crippen LogP contribution in [0.4, 0.5) is 13.6 Å². The lowest BCUT2D eigenvalue weighted by Gasteiger charge is -2.46. The molecule has 0 spiro atoms.